The Bertz CT molecular complexity index is 583. The highest BCUT2D eigenvalue weighted by atomic mass is 16.5. The Hall–Kier alpha value is -2.36. The standard InChI is InChI=1S/C16H26N6O3/c1-16(2,17)15(24)20-13(14(21-22-18)19-8-9-23)11-25-10-12-6-4-3-5-7-12/h3-7,13,23H,8-11,17H2,1-2H3,(H,20,24)(H2,18,19,21)/t13-/m1/s1. The lowest BCUT2D eigenvalue weighted by molar-refractivity contribution is -0.125. The SMILES string of the molecule is CC(C)(N)C(=O)N[C@H](COCc1ccccc1)C(N=NN)=NCCO. The van der Waals surface area contributed by atoms with E-state index in [9.17, 15) is 4.79 Å². The number of amides is 1. The Morgan fingerprint density at radius 1 is 1.36 bits per heavy atom. The van der Waals surface area contributed by atoms with Crippen molar-refractivity contribution in [3.05, 3.63) is 35.9 Å². The summed E-state index contributed by atoms with van der Waals surface area (Å²) in [4.78, 5) is 16.3. The fourth-order valence-electron chi connectivity index (χ4n) is 1.83. The molecule has 9 heteroatoms. The first kappa shape index (κ1) is 20.7. The summed E-state index contributed by atoms with van der Waals surface area (Å²) < 4.78 is 5.66. The van der Waals surface area contributed by atoms with Crippen LogP contribution in [0.25, 0.3) is 0 Å². The van der Waals surface area contributed by atoms with E-state index in [1.807, 2.05) is 30.3 Å². The van der Waals surface area contributed by atoms with Crippen molar-refractivity contribution in [1.29, 1.82) is 0 Å². The van der Waals surface area contributed by atoms with Gasteiger partial charge >= 0.3 is 0 Å². The van der Waals surface area contributed by atoms with E-state index < -0.39 is 17.5 Å². The van der Waals surface area contributed by atoms with Gasteiger partial charge in [-0.15, -0.1) is 5.11 Å². The lowest BCUT2D eigenvalue weighted by Gasteiger charge is -2.23. The van der Waals surface area contributed by atoms with Gasteiger partial charge in [0, 0.05) is 0 Å². The third-order valence-electron chi connectivity index (χ3n) is 3.13. The van der Waals surface area contributed by atoms with E-state index in [2.05, 4.69) is 20.6 Å². The third-order valence-corrected chi connectivity index (χ3v) is 3.13. The van der Waals surface area contributed by atoms with Gasteiger partial charge in [-0.25, -0.2) is 0 Å². The van der Waals surface area contributed by atoms with Gasteiger partial charge in [0.25, 0.3) is 0 Å². The molecular weight excluding hydrogens is 324 g/mol. The zero-order valence-corrected chi connectivity index (χ0v) is 14.6. The molecule has 0 saturated heterocycles. The fourth-order valence-corrected chi connectivity index (χ4v) is 1.83. The van der Waals surface area contributed by atoms with Crippen molar-refractivity contribution >= 4 is 11.7 Å². The Kier molecular flexibility index (Phi) is 8.68. The van der Waals surface area contributed by atoms with Crippen LogP contribution in [0.15, 0.2) is 45.7 Å². The second-order valence-corrected chi connectivity index (χ2v) is 5.93. The summed E-state index contributed by atoms with van der Waals surface area (Å²) in [6.45, 7) is 3.55. The molecule has 138 valence electrons. The second-order valence-electron chi connectivity index (χ2n) is 5.93. The van der Waals surface area contributed by atoms with Crippen LogP contribution >= 0.6 is 0 Å². The van der Waals surface area contributed by atoms with Gasteiger partial charge in [0.15, 0.2) is 5.84 Å². The molecule has 0 aromatic heterocycles. The predicted octanol–water partition coefficient (Wildman–Crippen LogP) is 0.142. The number of nitrogens with one attached hydrogen (secondary N) is 1. The maximum Gasteiger partial charge on any atom is 0.240 e. The highest BCUT2D eigenvalue weighted by Gasteiger charge is 2.27. The number of hydrogen-bond acceptors (Lipinski definition) is 6. The van der Waals surface area contributed by atoms with E-state index >= 15 is 0 Å². The third kappa shape index (κ3) is 7.84. The molecule has 1 rings (SSSR count). The smallest absolute Gasteiger partial charge is 0.240 e. The average Bonchev–Trinajstić information content (AvgIpc) is 2.57. The summed E-state index contributed by atoms with van der Waals surface area (Å²) in [6.07, 6.45) is 0. The number of aliphatic hydroxyl groups is 1. The summed E-state index contributed by atoms with van der Waals surface area (Å²) in [5.41, 5.74) is 5.71. The first-order valence-electron chi connectivity index (χ1n) is 7.86. The number of aliphatic imine (C=N–C) groups is 1. The molecule has 0 radical (unpaired) electrons. The van der Waals surface area contributed by atoms with E-state index in [-0.39, 0.29) is 25.6 Å². The second kappa shape index (κ2) is 10.5. The van der Waals surface area contributed by atoms with Crippen molar-refractivity contribution in [3.8, 4) is 0 Å². The zero-order valence-electron chi connectivity index (χ0n) is 14.6. The van der Waals surface area contributed by atoms with E-state index in [1.54, 1.807) is 13.8 Å². The quantitative estimate of drug-likeness (QED) is 0.164. The molecule has 6 N–H and O–H groups in total. The summed E-state index contributed by atoms with van der Waals surface area (Å²) in [5, 5.41) is 18.6. The lowest BCUT2D eigenvalue weighted by atomic mass is 10.1. The van der Waals surface area contributed by atoms with Gasteiger partial charge in [0.2, 0.25) is 5.91 Å². The van der Waals surface area contributed by atoms with Gasteiger partial charge in [-0.3, -0.25) is 9.79 Å². The molecule has 0 aliphatic carbocycles. The largest absolute Gasteiger partial charge is 0.394 e. The number of aliphatic hydroxyl groups excluding tert-OH is 1. The normalized spacial score (nSPS) is 13.8. The maximum atomic E-state index is 12.2. The topological polar surface area (TPSA) is 148 Å². The van der Waals surface area contributed by atoms with E-state index in [1.165, 1.54) is 0 Å². The van der Waals surface area contributed by atoms with Gasteiger partial charge in [-0.2, -0.15) is 0 Å². The Morgan fingerprint density at radius 2 is 2.04 bits per heavy atom. The number of nitrogens with zero attached hydrogens (tertiary/aromatic N) is 3. The number of amidine groups is 1. The Balaban J connectivity index is 2.83. The van der Waals surface area contributed by atoms with Gasteiger partial charge < -0.3 is 26.7 Å². The van der Waals surface area contributed by atoms with Gasteiger partial charge in [-0.05, 0) is 19.4 Å². The zero-order chi connectivity index (χ0) is 18.7. The maximum absolute atomic E-state index is 12.2. The molecule has 0 saturated carbocycles. The Morgan fingerprint density at radius 3 is 2.60 bits per heavy atom. The van der Waals surface area contributed by atoms with Crippen molar-refractivity contribution in [3.63, 3.8) is 0 Å². The van der Waals surface area contributed by atoms with Crippen LogP contribution in [-0.2, 0) is 16.1 Å². The van der Waals surface area contributed by atoms with Crippen LogP contribution in [-0.4, -0.2) is 48.2 Å². The molecule has 1 atom stereocenters. The molecular formula is C16H26N6O3. The molecule has 1 aromatic rings. The molecule has 0 spiro atoms. The molecule has 0 fully saturated rings. The predicted molar refractivity (Wildman–Crippen MR) is 94.7 cm³/mol. The minimum Gasteiger partial charge on any atom is -0.394 e. The molecule has 0 heterocycles. The van der Waals surface area contributed by atoms with Crippen LogP contribution in [0.4, 0.5) is 0 Å². The van der Waals surface area contributed by atoms with Crippen molar-refractivity contribution in [2.45, 2.75) is 32.0 Å². The number of carbonyl (C=O) groups excluding carboxylic acids is 1. The van der Waals surface area contributed by atoms with Crippen LogP contribution in [0.5, 0.6) is 0 Å². The number of carbonyl (C=O) groups is 1. The van der Waals surface area contributed by atoms with Crippen molar-refractivity contribution in [1.82, 2.24) is 5.32 Å². The highest BCUT2D eigenvalue weighted by molar-refractivity contribution is 5.94. The molecule has 0 aliphatic heterocycles. The molecule has 0 unspecified atom stereocenters. The number of ether oxygens (including phenoxy) is 1. The van der Waals surface area contributed by atoms with Gasteiger partial charge in [0.05, 0.1) is 31.9 Å². The van der Waals surface area contributed by atoms with Crippen LogP contribution in [0.3, 0.4) is 0 Å². The summed E-state index contributed by atoms with van der Waals surface area (Å²) in [6, 6.07) is 8.89. The minimum atomic E-state index is -1.08. The van der Waals surface area contributed by atoms with E-state index in [4.69, 9.17) is 21.4 Å². The van der Waals surface area contributed by atoms with Crippen LogP contribution in [0.1, 0.15) is 19.4 Å². The molecule has 25 heavy (non-hydrogen) atoms. The first-order valence-corrected chi connectivity index (χ1v) is 7.86. The number of benzene rings is 1. The lowest BCUT2D eigenvalue weighted by Crippen LogP contribution is -2.55. The summed E-state index contributed by atoms with van der Waals surface area (Å²) in [7, 11) is 0. The van der Waals surface area contributed by atoms with E-state index in [0.29, 0.717) is 6.61 Å². The van der Waals surface area contributed by atoms with Crippen molar-refractivity contribution < 1.29 is 14.6 Å². The molecule has 9 nitrogen and oxygen atoms in total. The molecule has 1 amide bonds. The Labute approximate surface area is 147 Å². The number of rotatable bonds is 9. The average molecular weight is 350 g/mol. The van der Waals surface area contributed by atoms with Crippen molar-refractivity contribution in [2.24, 2.45) is 26.9 Å². The highest BCUT2D eigenvalue weighted by Crippen LogP contribution is 2.04. The van der Waals surface area contributed by atoms with Crippen molar-refractivity contribution in [2.75, 3.05) is 19.8 Å². The summed E-state index contributed by atoms with van der Waals surface area (Å²) in [5.74, 6) is 4.87. The minimum absolute atomic E-state index is 0.0972. The monoisotopic (exact) mass is 350 g/mol. The van der Waals surface area contributed by atoms with Crippen LogP contribution < -0.4 is 16.9 Å². The first-order chi connectivity index (χ1) is 11.9. The molecule has 0 bridgehead atoms. The van der Waals surface area contributed by atoms with Crippen LogP contribution in [0, 0.1) is 0 Å². The van der Waals surface area contributed by atoms with E-state index in [0.717, 1.165) is 5.56 Å². The van der Waals surface area contributed by atoms with Gasteiger partial charge in [-0.1, -0.05) is 35.6 Å². The number of nitrogens with two attached hydrogens (primary N) is 2. The van der Waals surface area contributed by atoms with Gasteiger partial charge in [0.1, 0.15) is 6.04 Å². The summed E-state index contributed by atoms with van der Waals surface area (Å²) >= 11 is 0. The fraction of sp³-hybridized carbons (Fsp3) is 0.500. The van der Waals surface area contributed by atoms with Crippen LogP contribution in [0.2, 0.25) is 0 Å². The molecule has 0 aliphatic rings. The number of hydrogen-bond donors (Lipinski definition) is 4. The molecule has 1 aromatic carbocycles.